The first-order valence-corrected chi connectivity index (χ1v) is 4.63. The van der Waals surface area contributed by atoms with E-state index in [0.717, 1.165) is 30.8 Å². The first kappa shape index (κ1) is 7.68. The molecular formula is C6H5N5W. The van der Waals surface area contributed by atoms with Crippen molar-refractivity contribution in [1.29, 1.82) is 0 Å². The van der Waals surface area contributed by atoms with Gasteiger partial charge in [0.05, 0.1) is 0 Å². The van der Waals surface area contributed by atoms with Gasteiger partial charge in [0.2, 0.25) is 0 Å². The molecule has 0 fully saturated rings. The average molecular weight is 331 g/mol. The average Bonchev–Trinajstić information content (AvgIpc) is 2.52. The van der Waals surface area contributed by atoms with E-state index in [4.69, 9.17) is 0 Å². The molecule has 0 aliphatic rings. The van der Waals surface area contributed by atoms with E-state index in [1.165, 1.54) is 0 Å². The number of aryl methyl sites for hydroxylation is 1. The van der Waals surface area contributed by atoms with Crippen molar-refractivity contribution in [2.45, 2.75) is 6.92 Å². The second kappa shape index (κ2) is 2.82. The molecule has 0 aromatic carbocycles. The molecule has 2 rings (SSSR count). The molecule has 0 amide bonds. The zero-order valence-corrected chi connectivity index (χ0v) is 9.21. The molecule has 0 aliphatic carbocycles. The Bertz CT molecular complexity index is 434. The first-order valence-electron chi connectivity index (χ1n) is 3.32. The number of rotatable bonds is 1. The molecule has 12 heavy (non-hydrogen) atoms. The van der Waals surface area contributed by atoms with Gasteiger partial charge in [-0.3, -0.25) is 0 Å². The summed E-state index contributed by atoms with van der Waals surface area (Å²) in [7, 11) is 0. The molecule has 2 heterocycles. The van der Waals surface area contributed by atoms with Crippen LogP contribution in [0.1, 0.15) is 5.69 Å². The van der Waals surface area contributed by atoms with Crippen molar-refractivity contribution in [3.63, 3.8) is 0 Å². The van der Waals surface area contributed by atoms with E-state index in [1.54, 1.807) is 6.33 Å². The van der Waals surface area contributed by atoms with Crippen molar-refractivity contribution in [3.8, 4) is 0 Å². The molecule has 0 saturated heterocycles. The Labute approximate surface area is 79.4 Å². The summed E-state index contributed by atoms with van der Waals surface area (Å²) in [6.07, 6.45) is 1.61. The van der Waals surface area contributed by atoms with Gasteiger partial charge in [-0.15, -0.1) is 0 Å². The van der Waals surface area contributed by atoms with Crippen LogP contribution in [-0.4, -0.2) is 19.9 Å². The van der Waals surface area contributed by atoms with E-state index in [9.17, 15) is 0 Å². The minimum atomic E-state index is 0.516. The van der Waals surface area contributed by atoms with E-state index in [-0.39, 0.29) is 0 Å². The first-order chi connectivity index (χ1) is 5.81. The van der Waals surface area contributed by atoms with Crippen LogP contribution in [0.4, 0.5) is 5.95 Å². The van der Waals surface area contributed by atoms with Gasteiger partial charge in [0.1, 0.15) is 0 Å². The molecule has 0 aliphatic heterocycles. The summed E-state index contributed by atoms with van der Waals surface area (Å²) in [4.78, 5) is 15.3. The van der Waals surface area contributed by atoms with E-state index < -0.39 is 0 Å². The predicted molar refractivity (Wildman–Crippen MR) is 38.5 cm³/mol. The summed E-state index contributed by atoms with van der Waals surface area (Å²) in [6.45, 7) is 1.91. The van der Waals surface area contributed by atoms with Crippen LogP contribution in [0.25, 0.3) is 11.2 Å². The topological polar surface area (TPSA) is 66.8 Å². The second-order valence-corrected chi connectivity index (χ2v) is 2.96. The van der Waals surface area contributed by atoms with Gasteiger partial charge >= 0.3 is 79.1 Å². The fraction of sp³-hybridized carbons (Fsp3) is 0.167. The Balaban J connectivity index is 2.83. The third-order valence-electron chi connectivity index (χ3n) is 1.54. The van der Waals surface area contributed by atoms with E-state index in [0.29, 0.717) is 11.6 Å². The van der Waals surface area contributed by atoms with Crippen molar-refractivity contribution in [1.82, 2.24) is 19.9 Å². The van der Waals surface area contributed by atoms with Gasteiger partial charge in [0.25, 0.3) is 0 Å². The summed E-state index contributed by atoms with van der Waals surface area (Å²) >= 11 is 1.10. The van der Waals surface area contributed by atoms with Crippen LogP contribution in [0.5, 0.6) is 0 Å². The molecule has 0 unspecified atom stereocenters. The van der Waals surface area contributed by atoms with Crippen molar-refractivity contribution in [3.05, 3.63) is 12.0 Å². The minimum absolute atomic E-state index is 0.516. The molecule has 2 aromatic heterocycles. The van der Waals surface area contributed by atoms with Crippen LogP contribution >= 0.6 is 0 Å². The molecular weight excluding hydrogens is 326 g/mol. The number of hydrogen-bond donors (Lipinski definition) is 1. The van der Waals surface area contributed by atoms with Crippen LogP contribution in [0, 0.1) is 6.92 Å². The van der Waals surface area contributed by atoms with Gasteiger partial charge in [-0.25, -0.2) is 0 Å². The molecule has 5 nitrogen and oxygen atoms in total. The Kier molecular flexibility index (Phi) is 1.81. The van der Waals surface area contributed by atoms with Gasteiger partial charge in [0.15, 0.2) is 0 Å². The van der Waals surface area contributed by atoms with Gasteiger partial charge in [-0.2, -0.15) is 0 Å². The number of fused-ring (bicyclic) bond motifs is 1. The number of H-pyrrole nitrogens is 1. The molecule has 0 bridgehead atoms. The Morgan fingerprint density at radius 1 is 1.50 bits per heavy atom. The molecule has 1 N–H and O–H groups in total. The summed E-state index contributed by atoms with van der Waals surface area (Å²) in [5.41, 5.74) is 2.46. The van der Waals surface area contributed by atoms with Crippen molar-refractivity contribution >= 4 is 17.1 Å². The molecule has 0 atom stereocenters. The van der Waals surface area contributed by atoms with Crippen molar-refractivity contribution in [2.75, 3.05) is 0 Å². The Morgan fingerprint density at radius 3 is 3.08 bits per heavy atom. The van der Waals surface area contributed by atoms with Gasteiger partial charge < -0.3 is 0 Å². The fourth-order valence-corrected chi connectivity index (χ4v) is 1.30. The number of aromatic nitrogens is 4. The summed E-state index contributed by atoms with van der Waals surface area (Å²) in [5.74, 6) is 0.516. The SMILES string of the molecule is Cc1nc([N]=[W])nc2nc[nH]c12. The molecule has 6 heteroatoms. The molecule has 0 radical (unpaired) electrons. The predicted octanol–water partition coefficient (Wildman–Crippen LogP) is 1.02. The summed E-state index contributed by atoms with van der Waals surface area (Å²) in [5, 5.41) is 0. The third kappa shape index (κ3) is 1.10. The van der Waals surface area contributed by atoms with Gasteiger partial charge in [-0.05, 0) is 0 Å². The maximum absolute atomic E-state index is 4.16. The number of aromatic amines is 1. The molecule has 0 spiro atoms. The van der Waals surface area contributed by atoms with Crippen LogP contribution < -0.4 is 0 Å². The third-order valence-corrected chi connectivity index (χ3v) is 2.12. The standard InChI is InChI=1S/C6H5N5.W/c1-3-4-5(9-2-8-4)11-6(7)10-3;/h2H,1H3,(H,8,9,10,11);. The zero-order chi connectivity index (χ0) is 8.55. The monoisotopic (exact) mass is 331 g/mol. The molecule has 2 aromatic rings. The molecule has 60 valence electrons. The van der Waals surface area contributed by atoms with Gasteiger partial charge in [-0.1, -0.05) is 0 Å². The van der Waals surface area contributed by atoms with E-state index in [2.05, 4.69) is 23.4 Å². The van der Waals surface area contributed by atoms with Crippen molar-refractivity contribution < 1.29 is 19.6 Å². The van der Waals surface area contributed by atoms with E-state index >= 15 is 0 Å². The number of nitrogens with zero attached hydrogens (tertiary/aromatic N) is 4. The zero-order valence-electron chi connectivity index (χ0n) is 6.27. The fourth-order valence-electron chi connectivity index (χ4n) is 1.00. The number of imidazole rings is 1. The second-order valence-electron chi connectivity index (χ2n) is 2.30. The normalized spacial score (nSPS) is 10.4. The summed E-state index contributed by atoms with van der Waals surface area (Å²) < 4.78 is 3.97. The summed E-state index contributed by atoms with van der Waals surface area (Å²) in [6, 6.07) is 0. The molecule has 0 saturated carbocycles. The van der Waals surface area contributed by atoms with Crippen LogP contribution in [-0.2, 0) is 19.6 Å². The van der Waals surface area contributed by atoms with Gasteiger partial charge in [0, 0.05) is 0 Å². The maximum atomic E-state index is 4.16. The van der Waals surface area contributed by atoms with Crippen LogP contribution in [0.2, 0.25) is 0 Å². The Hall–Kier alpha value is -0.962. The van der Waals surface area contributed by atoms with Crippen LogP contribution in [0.15, 0.2) is 9.82 Å². The number of hydrogen-bond acceptors (Lipinski definition) is 4. The quantitative estimate of drug-likeness (QED) is 0.849. The van der Waals surface area contributed by atoms with Crippen molar-refractivity contribution in [2.24, 2.45) is 3.50 Å². The van der Waals surface area contributed by atoms with E-state index in [1.807, 2.05) is 6.92 Å². The number of nitrogens with one attached hydrogen (secondary N) is 1. The van der Waals surface area contributed by atoms with Crippen LogP contribution in [0.3, 0.4) is 0 Å². The Morgan fingerprint density at radius 2 is 2.33 bits per heavy atom.